The Hall–Kier alpha value is -3.03. The maximum Gasteiger partial charge on any atom is 0.261 e. The smallest absolute Gasteiger partial charge is 0.261 e. The van der Waals surface area contributed by atoms with Crippen LogP contribution in [0.25, 0.3) is 0 Å². The van der Waals surface area contributed by atoms with Gasteiger partial charge in [0.2, 0.25) is 5.91 Å². The molecule has 206 valence electrons. The molecule has 1 N–H and O–H groups in total. The second-order valence-electron chi connectivity index (χ2n) is 9.79. The van der Waals surface area contributed by atoms with Crippen LogP contribution in [0.5, 0.6) is 11.5 Å². The standard InChI is InChI=1S/C31H34BrClN2O4/c1-38-26-14-8-11-23(17-26)20-35(30(36)21-39-29-16-15-24(33)19-27(29)32)28(18-22-9-4-2-5-10-22)31(37)34-25-12-6-3-7-13-25/h2,4-5,8-11,14-17,19,25,28H,3,6-7,12-13,18,20-21H2,1H3,(H,34,37)/t28-/m1/s1. The summed E-state index contributed by atoms with van der Waals surface area (Å²) < 4.78 is 12.0. The summed E-state index contributed by atoms with van der Waals surface area (Å²) in [6.45, 7) is 0.00294. The summed E-state index contributed by atoms with van der Waals surface area (Å²) in [5, 5.41) is 3.81. The summed E-state index contributed by atoms with van der Waals surface area (Å²) in [6.07, 6.45) is 5.70. The minimum absolute atomic E-state index is 0.125. The number of hydrogen-bond donors (Lipinski definition) is 1. The number of amides is 2. The van der Waals surface area contributed by atoms with Gasteiger partial charge in [-0.1, -0.05) is 73.3 Å². The zero-order valence-corrected chi connectivity index (χ0v) is 24.4. The first-order valence-corrected chi connectivity index (χ1v) is 14.4. The normalized spacial score (nSPS) is 14.3. The molecule has 0 saturated heterocycles. The maximum absolute atomic E-state index is 13.8. The maximum atomic E-state index is 13.8. The van der Waals surface area contributed by atoms with Gasteiger partial charge >= 0.3 is 0 Å². The van der Waals surface area contributed by atoms with Gasteiger partial charge in [-0.05, 0) is 70.2 Å². The summed E-state index contributed by atoms with van der Waals surface area (Å²) in [5.41, 5.74) is 1.84. The molecule has 8 heteroatoms. The molecule has 2 amide bonds. The monoisotopic (exact) mass is 612 g/mol. The Morgan fingerprint density at radius 2 is 1.74 bits per heavy atom. The zero-order valence-electron chi connectivity index (χ0n) is 22.1. The predicted molar refractivity (Wildman–Crippen MR) is 157 cm³/mol. The average molecular weight is 614 g/mol. The molecule has 0 bridgehead atoms. The number of ether oxygens (including phenoxy) is 2. The van der Waals surface area contributed by atoms with Crippen LogP contribution in [0.15, 0.2) is 77.3 Å². The Balaban J connectivity index is 1.63. The first kappa shape index (κ1) is 29.0. The number of rotatable bonds is 11. The third-order valence-electron chi connectivity index (χ3n) is 6.95. The Labute approximate surface area is 243 Å². The van der Waals surface area contributed by atoms with Gasteiger partial charge in [-0.15, -0.1) is 0 Å². The van der Waals surface area contributed by atoms with Gasteiger partial charge in [-0.25, -0.2) is 0 Å². The number of carbonyl (C=O) groups excluding carboxylic acids is 2. The van der Waals surface area contributed by atoms with Gasteiger partial charge in [0.05, 0.1) is 11.6 Å². The number of nitrogens with one attached hydrogen (secondary N) is 1. The molecule has 0 spiro atoms. The van der Waals surface area contributed by atoms with Gasteiger partial charge in [0.25, 0.3) is 5.91 Å². The highest BCUT2D eigenvalue weighted by Crippen LogP contribution is 2.28. The number of nitrogens with zero attached hydrogens (tertiary/aromatic N) is 1. The van der Waals surface area contributed by atoms with Crippen LogP contribution < -0.4 is 14.8 Å². The van der Waals surface area contributed by atoms with E-state index in [1.807, 2.05) is 54.6 Å². The van der Waals surface area contributed by atoms with Crippen molar-refractivity contribution in [2.45, 2.75) is 57.2 Å². The lowest BCUT2D eigenvalue weighted by Gasteiger charge is -2.33. The van der Waals surface area contributed by atoms with Crippen molar-refractivity contribution < 1.29 is 19.1 Å². The van der Waals surface area contributed by atoms with Crippen molar-refractivity contribution in [3.05, 3.63) is 93.4 Å². The van der Waals surface area contributed by atoms with Crippen LogP contribution >= 0.6 is 27.5 Å². The van der Waals surface area contributed by atoms with Crippen molar-refractivity contribution in [2.24, 2.45) is 0 Å². The molecule has 6 nitrogen and oxygen atoms in total. The lowest BCUT2D eigenvalue weighted by atomic mass is 9.94. The van der Waals surface area contributed by atoms with Crippen molar-refractivity contribution >= 4 is 39.3 Å². The molecular formula is C31H34BrClN2O4. The van der Waals surface area contributed by atoms with Crippen molar-refractivity contribution in [3.8, 4) is 11.5 Å². The molecule has 0 unspecified atom stereocenters. The van der Waals surface area contributed by atoms with E-state index in [1.54, 1.807) is 30.2 Å². The molecule has 0 aromatic heterocycles. The van der Waals surface area contributed by atoms with Gasteiger partial charge < -0.3 is 19.7 Å². The van der Waals surface area contributed by atoms with Crippen LogP contribution in [-0.2, 0) is 22.6 Å². The van der Waals surface area contributed by atoms with E-state index in [0.717, 1.165) is 36.8 Å². The third-order valence-corrected chi connectivity index (χ3v) is 7.81. The van der Waals surface area contributed by atoms with Crippen molar-refractivity contribution in [3.63, 3.8) is 0 Å². The third kappa shape index (κ3) is 8.48. The van der Waals surface area contributed by atoms with E-state index in [4.69, 9.17) is 21.1 Å². The molecule has 1 saturated carbocycles. The molecule has 0 aliphatic heterocycles. The van der Waals surface area contributed by atoms with Gasteiger partial charge in [0.1, 0.15) is 17.5 Å². The van der Waals surface area contributed by atoms with E-state index in [2.05, 4.69) is 21.2 Å². The molecule has 1 aliphatic carbocycles. The summed E-state index contributed by atoms with van der Waals surface area (Å²) in [6, 6.07) is 21.9. The fourth-order valence-electron chi connectivity index (χ4n) is 4.88. The molecule has 39 heavy (non-hydrogen) atoms. The largest absolute Gasteiger partial charge is 0.497 e. The van der Waals surface area contributed by atoms with Crippen molar-refractivity contribution in [2.75, 3.05) is 13.7 Å². The highest BCUT2D eigenvalue weighted by Gasteiger charge is 2.32. The summed E-state index contributed by atoms with van der Waals surface area (Å²) in [5.74, 6) is 0.752. The molecule has 0 radical (unpaired) electrons. The topological polar surface area (TPSA) is 67.9 Å². The number of hydrogen-bond acceptors (Lipinski definition) is 4. The quantitative estimate of drug-likeness (QED) is 0.265. The Bertz CT molecular complexity index is 1250. The Morgan fingerprint density at radius 1 is 1.00 bits per heavy atom. The van der Waals surface area contributed by atoms with Crippen LogP contribution in [-0.4, -0.2) is 42.5 Å². The van der Waals surface area contributed by atoms with Crippen LogP contribution in [0.3, 0.4) is 0 Å². The summed E-state index contributed by atoms with van der Waals surface area (Å²) >= 11 is 9.51. The fraction of sp³-hybridized carbons (Fsp3) is 0.355. The first-order chi connectivity index (χ1) is 18.9. The van der Waals surface area contributed by atoms with Gasteiger partial charge in [0.15, 0.2) is 6.61 Å². The van der Waals surface area contributed by atoms with Gasteiger partial charge in [-0.2, -0.15) is 0 Å². The molecule has 4 rings (SSSR count). The molecular weight excluding hydrogens is 580 g/mol. The van der Waals surface area contributed by atoms with Crippen LogP contribution in [0.1, 0.15) is 43.2 Å². The highest BCUT2D eigenvalue weighted by atomic mass is 79.9. The highest BCUT2D eigenvalue weighted by molar-refractivity contribution is 9.10. The molecule has 1 fully saturated rings. The number of halogens is 2. The zero-order chi connectivity index (χ0) is 27.6. The lowest BCUT2D eigenvalue weighted by molar-refractivity contribution is -0.143. The van der Waals surface area contributed by atoms with Crippen molar-refractivity contribution in [1.29, 1.82) is 0 Å². The molecule has 3 aromatic carbocycles. The van der Waals surface area contributed by atoms with Crippen molar-refractivity contribution in [1.82, 2.24) is 10.2 Å². The van der Waals surface area contributed by atoms with E-state index in [0.29, 0.717) is 27.4 Å². The minimum atomic E-state index is -0.717. The van der Waals surface area contributed by atoms with Crippen LogP contribution in [0, 0.1) is 0 Å². The van der Waals surface area contributed by atoms with Gasteiger partial charge in [-0.3, -0.25) is 9.59 Å². The summed E-state index contributed by atoms with van der Waals surface area (Å²) in [7, 11) is 1.61. The predicted octanol–water partition coefficient (Wildman–Crippen LogP) is 6.58. The summed E-state index contributed by atoms with van der Waals surface area (Å²) in [4.78, 5) is 29.3. The SMILES string of the molecule is COc1cccc(CN(C(=O)COc2ccc(Cl)cc2Br)[C@H](Cc2ccccc2)C(=O)NC2CCCCC2)c1. The van der Waals surface area contributed by atoms with E-state index < -0.39 is 6.04 Å². The molecule has 1 atom stereocenters. The van der Waals surface area contributed by atoms with Gasteiger partial charge in [0, 0.05) is 24.0 Å². The lowest BCUT2D eigenvalue weighted by Crippen LogP contribution is -2.53. The first-order valence-electron chi connectivity index (χ1n) is 13.3. The second kappa shape index (κ2) is 14.4. The Morgan fingerprint density at radius 3 is 2.46 bits per heavy atom. The fourth-order valence-corrected chi connectivity index (χ4v) is 5.68. The second-order valence-corrected chi connectivity index (χ2v) is 11.1. The number of methoxy groups -OCH3 is 1. The number of benzene rings is 3. The van der Waals surface area contributed by atoms with E-state index in [9.17, 15) is 9.59 Å². The van der Waals surface area contributed by atoms with Crippen LogP contribution in [0.4, 0.5) is 0 Å². The molecule has 3 aromatic rings. The average Bonchev–Trinajstić information content (AvgIpc) is 2.95. The number of carbonyl (C=O) groups is 2. The van der Waals surface area contributed by atoms with E-state index >= 15 is 0 Å². The Kier molecular flexibility index (Phi) is 10.7. The van der Waals surface area contributed by atoms with E-state index in [1.165, 1.54) is 6.42 Å². The molecule has 1 aliphatic rings. The van der Waals surface area contributed by atoms with Crippen LogP contribution in [0.2, 0.25) is 5.02 Å². The molecule has 0 heterocycles. The van der Waals surface area contributed by atoms with E-state index in [-0.39, 0.29) is 31.0 Å². The minimum Gasteiger partial charge on any atom is -0.497 e.